The van der Waals surface area contributed by atoms with Crippen molar-refractivity contribution in [1.82, 2.24) is 14.8 Å². The summed E-state index contributed by atoms with van der Waals surface area (Å²) in [5, 5.41) is 10.7. The Bertz CT molecular complexity index is 767. The molecule has 2 aliphatic heterocycles. The predicted molar refractivity (Wildman–Crippen MR) is 114 cm³/mol. The molecule has 1 unspecified atom stereocenters. The lowest BCUT2D eigenvalue weighted by Crippen LogP contribution is -2.49. The number of rotatable bonds is 5. The topological polar surface area (TPSA) is 56.7 Å². The SMILES string of the molecule is O=C(c1cccnc1)N1CCC(N2CCC(C(O)Cc3ccccc3)CC2)CC1. The van der Waals surface area contributed by atoms with E-state index >= 15 is 0 Å². The summed E-state index contributed by atoms with van der Waals surface area (Å²) < 4.78 is 0. The summed E-state index contributed by atoms with van der Waals surface area (Å²) in [4.78, 5) is 21.2. The van der Waals surface area contributed by atoms with Gasteiger partial charge in [-0.15, -0.1) is 0 Å². The molecule has 1 aromatic heterocycles. The first-order valence-electron chi connectivity index (χ1n) is 10.9. The van der Waals surface area contributed by atoms with Gasteiger partial charge in [0, 0.05) is 31.5 Å². The van der Waals surface area contributed by atoms with E-state index < -0.39 is 0 Å². The molecule has 3 heterocycles. The van der Waals surface area contributed by atoms with Gasteiger partial charge in [0.25, 0.3) is 5.91 Å². The van der Waals surface area contributed by atoms with Crippen molar-refractivity contribution in [1.29, 1.82) is 0 Å². The molecule has 154 valence electrons. The molecular formula is C24H31N3O2. The average molecular weight is 394 g/mol. The highest BCUT2D eigenvalue weighted by molar-refractivity contribution is 5.93. The molecule has 1 amide bonds. The molecule has 0 radical (unpaired) electrons. The van der Waals surface area contributed by atoms with Gasteiger partial charge >= 0.3 is 0 Å². The van der Waals surface area contributed by atoms with Crippen molar-refractivity contribution in [2.24, 2.45) is 5.92 Å². The molecule has 0 saturated carbocycles. The number of likely N-dealkylation sites (tertiary alicyclic amines) is 2. The Kier molecular flexibility index (Phi) is 6.57. The second kappa shape index (κ2) is 9.51. The lowest BCUT2D eigenvalue weighted by atomic mass is 9.86. The van der Waals surface area contributed by atoms with Gasteiger partial charge in [-0.3, -0.25) is 9.78 Å². The monoisotopic (exact) mass is 393 g/mol. The molecule has 4 rings (SSSR count). The highest BCUT2D eigenvalue weighted by Crippen LogP contribution is 2.27. The second-order valence-corrected chi connectivity index (χ2v) is 8.40. The van der Waals surface area contributed by atoms with Crippen LogP contribution in [0.2, 0.25) is 0 Å². The van der Waals surface area contributed by atoms with Crippen molar-refractivity contribution in [3.8, 4) is 0 Å². The lowest BCUT2D eigenvalue weighted by Gasteiger charge is -2.42. The molecule has 1 atom stereocenters. The van der Waals surface area contributed by atoms with Gasteiger partial charge < -0.3 is 14.9 Å². The maximum absolute atomic E-state index is 12.6. The Labute approximate surface area is 173 Å². The molecule has 2 aromatic rings. The zero-order valence-corrected chi connectivity index (χ0v) is 17.0. The Morgan fingerprint density at radius 2 is 1.72 bits per heavy atom. The number of carbonyl (C=O) groups excluding carboxylic acids is 1. The highest BCUT2D eigenvalue weighted by Gasteiger charge is 2.31. The summed E-state index contributed by atoms with van der Waals surface area (Å²) in [7, 11) is 0. The van der Waals surface area contributed by atoms with Gasteiger partial charge in [-0.2, -0.15) is 0 Å². The molecule has 29 heavy (non-hydrogen) atoms. The third kappa shape index (κ3) is 5.03. The number of pyridine rings is 1. The van der Waals surface area contributed by atoms with Gasteiger partial charge in [0.15, 0.2) is 0 Å². The van der Waals surface area contributed by atoms with E-state index in [9.17, 15) is 9.90 Å². The standard InChI is InChI=1S/C24H31N3O2/c28-23(17-19-5-2-1-3-6-19)20-8-13-26(14-9-20)22-10-15-27(16-11-22)24(29)21-7-4-12-25-18-21/h1-7,12,18,20,22-23,28H,8-11,13-17H2. The number of amides is 1. The minimum absolute atomic E-state index is 0.0966. The number of hydrogen-bond acceptors (Lipinski definition) is 4. The Morgan fingerprint density at radius 1 is 1.00 bits per heavy atom. The molecule has 2 aliphatic rings. The summed E-state index contributed by atoms with van der Waals surface area (Å²) in [6.07, 6.45) is 8.03. The van der Waals surface area contributed by atoms with E-state index in [1.807, 2.05) is 35.2 Å². The number of aliphatic hydroxyl groups excluding tert-OH is 1. The lowest BCUT2D eigenvalue weighted by molar-refractivity contribution is 0.0289. The fourth-order valence-electron chi connectivity index (χ4n) is 4.80. The number of aliphatic hydroxyl groups is 1. The summed E-state index contributed by atoms with van der Waals surface area (Å²) in [5.74, 6) is 0.484. The second-order valence-electron chi connectivity index (χ2n) is 8.40. The zero-order chi connectivity index (χ0) is 20.1. The number of aromatic nitrogens is 1. The molecule has 0 spiro atoms. The average Bonchev–Trinajstić information content (AvgIpc) is 2.80. The fourth-order valence-corrected chi connectivity index (χ4v) is 4.80. The Balaban J connectivity index is 1.22. The highest BCUT2D eigenvalue weighted by atomic mass is 16.3. The van der Waals surface area contributed by atoms with Crippen LogP contribution in [-0.2, 0) is 6.42 Å². The van der Waals surface area contributed by atoms with E-state index in [0.29, 0.717) is 17.5 Å². The maximum atomic E-state index is 12.6. The fraction of sp³-hybridized carbons (Fsp3) is 0.500. The van der Waals surface area contributed by atoms with Crippen molar-refractivity contribution < 1.29 is 9.90 Å². The van der Waals surface area contributed by atoms with E-state index in [0.717, 1.165) is 58.3 Å². The summed E-state index contributed by atoms with van der Waals surface area (Å²) in [6, 6.07) is 14.5. The van der Waals surface area contributed by atoms with Crippen LogP contribution in [0.15, 0.2) is 54.9 Å². The van der Waals surface area contributed by atoms with E-state index in [-0.39, 0.29) is 12.0 Å². The van der Waals surface area contributed by atoms with Gasteiger partial charge in [-0.05, 0) is 68.8 Å². The van der Waals surface area contributed by atoms with Gasteiger partial charge in [0.2, 0.25) is 0 Å². The minimum atomic E-state index is -0.251. The third-order valence-electron chi connectivity index (χ3n) is 6.58. The smallest absolute Gasteiger partial charge is 0.255 e. The van der Waals surface area contributed by atoms with E-state index in [1.54, 1.807) is 12.4 Å². The van der Waals surface area contributed by atoms with Gasteiger partial charge in [0.1, 0.15) is 0 Å². The number of benzene rings is 1. The number of piperidine rings is 2. The van der Waals surface area contributed by atoms with Crippen molar-refractivity contribution >= 4 is 5.91 Å². The first-order chi connectivity index (χ1) is 14.2. The zero-order valence-electron chi connectivity index (χ0n) is 17.0. The molecule has 1 N–H and O–H groups in total. The van der Waals surface area contributed by atoms with E-state index in [1.165, 1.54) is 5.56 Å². The van der Waals surface area contributed by atoms with Crippen LogP contribution in [0.3, 0.4) is 0 Å². The van der Waals surface area contributed by atoms with Crippen molar-refractivity contribution in [2.75, 3.05) is 26.2 Å². The Hall–Kier alpha value is -2.24. The van der Waals surface area contributed by atoms with Crippen molar-refractivity contribution in [3.63, 3.8) is 0 Å². The van der Waals surface area contributed by atoms with E-state index in [2.05, 4.69) is 22.0 Å². The summed E-state index contributed by atoms with van der Waals surface area (Å²) in [6.45, 7) is 3.74. The van der Waals surface area contributed by atoms with Crippen molar-refractivity contribution in [2.45, 2.75) is 44.2 Å². The molecule has 5 nitrogen and oxygen atoms in total. The van der Waals surface area contributed by atoms with Crippen LogP contribution in [0.1, 0.15) is 41.6 Å². The number of hydrogen-bond donors (Lipinski definition) is 1. The van der Waals surface area contributed by atoms with Crippen LogP contribution < -0.4 is 0 Å². The molecular weight excluding hydrogens is 362 g/mol. The predicted octanol–water partition coefficient (Wildman–Crippen LogP) is 3.00. The van der Waals surface area contributed by atoms with Crippen LogP contribution >= 0.6 is 0 Å². The largest absolute Gasteiger partial charge is 0.392 e. The quantitative estimate of drug-likeness (QED) is 0.848. The number of nitrogens with zero attached hydrogens (tertiary/aromatic N) is 3. The van der Waals surface area contributed by atoms with Crippen molar-refractivity contribution in [3.05, 3.63) is 66.0 Å². The first-order valence-corrected chi connectivity index (χ1v) is 10.9. The normalized spacial score (nSPS) is 20.5. The minimum Gasteiger partial charge on any atom is -0.392 e. The van der Waals surface area contributed by atoms with Gasteiger partial charge in [-0.1, -0.05) is 30.3 Å². The first kappa shape index (κ1) is 20.0. The number of carbonyl (C=O) groups is 1. The van der Waals surface area contributed by atoms with Crippen LogP contribution in [0.25, 0.3) is 0 Å². The van der Waals surface area contributed by atoms with Crippen LogP contribution in [0, 0.1) is 5.92 Å². The van der Waals surface area contributed by atoms with E-state index in [4.69, 9.17) is 0 Å². The summed E-state index contributed by atoms with van der Waals surface area (Å²) in [5.41, 5.74) is 1.90. The maximum Gasteiger partial charge on any atom is 0.255 e. The molecule has 0 aliphatic carbocycles. The summed E-state index contributed by atoms with van der Waals surface area (Å²) >= 11 is 0. The van der Waals surface area contributed by atoms with Gasteiger partial charge in [0.05, 0.1) is 11.7 Å². The van der Waals surface area contributed by atoms with Crippen LogP contribution in [-0.4, -0.2) is 64.1 Å². The molecule has 5 heteroatoms. The van der Waals surface area contributed by atoms with Gasteiger partial charge in [-0.25, -0.2) is 0 Å². The molecule has 1 aromatic carbocycles. The Morgan fingerprint density at radius 3 is 2.38 bits per heavy atom. The third-order valence-corrected chi connectivity index (χ3v) is 6.58. The van der Waals surface area contributed by atoms with Crippen LogP contribution in [0.4, 0.5) is 0 Å². The molecule has 2 fully saturated rings. The molecule has 0 bridgehead atoms. The van der Waals surface area contributed by atoms with Crippen LogP contribution in [0.5, 0.6) is 0 Å². The molecule has 2 saturated heterocycles.